The smallest absolute Gasteiger partial charge is 0.354 e. The first kappa shape index (κ1) is 27.8. The number of allylic oxidation sites excluding steroid dienone is 3. The zero-order valence-corrected chi connectivity index (χ0v) is 22.7. The molecule has 0 unspecified atom stereocenters. The van der Waals surface area contributed by atoms with Crippen molar-refractivity contribution in [2.75, 3.05) is 37.6 Å². The molecule has 0 aromatic carbocycles. The van der Waals surface area contributed by atoms with Gasteiger partial charge in [0.15, 0.2) is 0 Å². The third-order valence-corrected chi connectivity index (χ3v) is 6.99. The Morgan fingerprint density at radius 2 is 1.83 bits per heavy atom. The SMILES string of the molecule is C=N/C(=C\C=C(/C)CN1CCN(c2ccc(-c3cc(-c4cnn(C)c4)cn4ncc(C#N)c34)cn2)CC1)C(F)(F)F. The lowest BCUT2D eigenvalue weighted by molar-refractivity contribution is -0.0922. The molecule has 0 aliphatic carbocycles. The number of nitriles is 1. The molecule has 5 rings (SSSR count). The molecule has 0 N–H and O–H groups in total. The first-order valence-corrected chi connectivity index (χ1v) is 12.9. The van der Waals surface area contributed by atoms with E-state index in [0.29, 0.717) is 17.6 Å². The Kier molecular flexibility index (Phi) is 7.72. The van der Waals surface area contributed by atoms with E-state index in [2.05, 4.69) is 37.8 Å². The van der Waals surface area contributed by atoms with Crippen molar-refractivity contribution in [2.24, 2.45) is 12.0 Å². The second kappa shape index (κ2) is 11.4. The third kappa shape index (κ3) is 6.05. The maximum absolute atomic E-state index is 12.9. The quantitative estimate of drug-likeness (QED) is 0.237. The lowest BCUT2D eigenvalue weighted by Gasteiger charge is -2.35. The first-order valence-electron chi connectivity index (χ1n) is 12.9. The van der Waals surface area contributed by atoms with E-state index in [-0.39, 0.29) is 0 Å². The Balaban J connectivity index is 1.30. The molecule has 1 aliphatic heterocycles. The summed E-state index contributed by atoms with van der Waals surface area (Å²) in [6.45, 7) is 8.35. The molecule has 1 saturated heterocycles. The number of fused-ring (bicyclic) bond motifs is 1. The van der Waals surface area contributed by atoms with E-state index >= 15 is 0 Å². The number of hydrogen-bond donors (Lipinski definition) is 0. The fraction of sp³-hybridized carbons (Fsp3) is 0.276. The topological polar surface area (TPSA) is 90.6 Å². The van der Waals surface area contributed by atoms with Gasteiger partial charge in [0.2, 0.25) is 0 Å². The third-order valence-electron chi connectivity index (χ3n) is 6.99. The van der Waals surface area contributed by atoms with Gasteiger partial charge >= 0.3 is 6.18 Å². The van der Waals surface area contributed by atoms with Crippen molar-refractivity contribution in [3.8, 4) is 28.3 Å². The van der Waals surface area contributed by atoms with Gasteiger partial charge in [0.25, 0.3) is 0 Å². The zero-order chi connectivity index (χ0) is 29.1. The van der Waals surface area contributed by atoms with Gasteiger partial charge in [-0.2, -0.15) is 28.6 Å². The van der Waals surface area contributed by atoms with E-state index in [1.54, 1.807) is 28.5 Å². The van der Waals surface area contributed by atoms with Crippen molar-refractivity contribution >= 4 is 18.1 Å². The van der Waals surface area contributed by atoms with Crippen LogP contribution in [0.25, 0.3) is 27.8 Å². The fourth-order valence-corrected chi connectivity index (χ4v) is 4.88. The maximum atomic E-state index is 12.9. The summed E-state index contributed by atoms with van der Waals surface area (Å²) in [6.07, 6.45) is 6.86. The zero-order valence-electron chi connectivity index (χ0n) is 22.7. The van der Waals surface area contributed by atoms with Crippen molar-refractivity contribution in [1.82, 2.24) is 29.3 Å². The van der Waals surface area contributed by atoms with Crippen LogP contribution in [0.4, 0.5) is 19.0 Å². The number of aliphatic imine (C=N–C) groups is 1. The van der Waals surface area contributed by atoms with Crippen LogP contribution in [-0.4, -0.2) is 74.9 Å². The molecule has 9 nitrogen and oxygen atoms in total. The summed E-state index contributed by atoms with van der Waals surface area (Å²) >= 11 is 0. The Morgan fingerprint density at radius 3 is 2.44 bits per heavy atom. The van der Waals surface area contributed by atoms with Gasteiger partial charge in [0.1, 0.15) is 17.6 Å². The minimum atomic E-state index is -4.52. The average Bonchev–Trinajstić information content (AvgIpc) is 3.58. The van der Waals surface area contributed by atoms with Crippen molar-refractivity contribution in [1.29, 1.82) is 5.26 Å². The summed E-state index contributed by atoms with van der Waals surface area (Å²) in [6, 6.07) is 8.22. The number of rotatable bonds is 7. The number of piperazine rings is 1. The van der Waals surface area contributed by atoms with Gasteiger partial charge < -0.3 is 4.90 Å². The molecule has 0 bridgehead atoms. The minimum Gasteiger partial charge on any atom is -0.354 e. The molecule has 210 valence electrons. The molecular formula is C29H28F3N9. The number of hydrogen-bond acceptors (Lipinski definition) is 7. The molecule has 0 saturated carbocycles. The van der Waals surface area contributed by atoms with E-state index in [9.17, 15) is 18.4 Å². The lowest BCUT2D eigenvalue weighted by atomic mass is 10.0. The van der Waals surface area contributed by atoms with Gasteiger partial charge in [-0.05, 0) is 37.9 Å². The van der Waals surface area contributed by atoms with Gasteiger partial charge in [-0.25, -0.2) is 9.50 Å². The van der Waals surface area contributed by atoms with Crippen LogP contribution in [0.15, 0.2) is 77.6 Å². The molecule has 5 heterocycles. The number of halogens is 3. The molecule has 0 spiro atoms. The van der Waals surface area contributed by atoms with Crippen LogP contribution in [0.5, 0.6) is 0 Å². The standard InChI is InChI=1S/C29H28F3N9/c1-20(4-6-26(34-2)29(30,31)32)17-39-8-10-40(11-9-39)27-7-5-21(14-35-27)25-12-22(24-16-36-38(3)18-24)19-41-28(25)23(13-33)15-37-41/h4-7,12,14-16,18-19H,2,8-11,17H2,1,3H3/b20-4+,26-6-. The second-order valence-corrected chi connectivity index (χ2v) is 9.90. The summed E-state index contributed by atoms with van der Waals surface area (Å²) in [4.78, 5) is 12.2. The van der Waals surface area contributed by atoms with Crippen LogP contribution in [0.1, 0.15) is 12.5 Å². The summed E-state index contributed by atoms with van der Waals surface area (Å²) in [5, 5.41) is 18.3. The highest BCUT2D eigenvalue weighted by Gasteiger charge is 2.32. The number of aromatic nitrogens is 5. The molecule has 1 aliphatic rings. The monoisotopic (exact) mass is 559 g/mol. The number of alkyl halides is 3. The highest BCUT2D eigenvalue weighted by atomic mass is 19.4. The maximum Gasteiger partial charge on any atom is 0.433 e. The molecule has 0 atom stereocenters. The Labute approximate surface area is 235 Å². The summed E-state index contributed by atoms with van der Waals surface area (Å²) < 4.78 is 42.0. The fourth-order valence-electron chi connectivity index (χ4n) is 4.88. The van der Waals surface area contributed by atoms with E-state index in [0.717, 1.165) is 65.9 Å². The van der Waals surface area contributed by atoms with E-state index in [4.69, 9.17) is 4.98 Å². The van der Waals surface area contributed by atoms with Gasteiger partial charge in [-0.15, -0.1) is 0 Å². The molecule has 4 aromatic rings. The summed E-state index contributed by atoms with van der Waals surface area (Å²) in [5.74, 6) is 0.837. The number of nitrogens with zero attached hydrogens (tertiary/aromatic N) is 9. The van der Waals surface area contributed by atoms with Crippen molar-refractivity contribution < 1.29 is 13.2 Å². The Bertz CT molecular complexity index is 1660. The number of aryl methyl sites for hydroxylation is 1. The number of anilines is 1. The van der Waals surface area contributed by atoms with Crippen LogP contribution in [0.2, 0.25) is 0 Å². The van der Waals surface area contributed by atoms with Gasteiger partial charge in [0.05, 0.1) is 23.5 Å². The number of pyridine rings is 2. The molecule has 0 amide bonds. The predicted octanol–water partition coefficient (Wildman–Crippen LogP) is 4.88. The normalized spacial score (nSPS) is 15.4. The molecule has 4 aromatic heterocycles. The average molecular weight is 560 g/mol. The minimum absolute atomic E-state index is 0.480. The van der Waals surface area contributed by atoms with Crippen molar-refractivity contribution in [3.63, 3.8) is 0 Å². The molecule has 12 heteroatoms. The molecule has 41 heavy (non-hydrogen) atoms. The first-order chi connectivity index (χ1) is 19.7. The van der Waals surface area contributed by atoms with Crippen LogP contribution >= 0.6 is 0 Å². The van der Waals surface area contributed by atoms with Gasteiger partial charge in [0, 0.05) is 80.6 Å². The van der Waals surface area contributed by atoms with Crippen molar-refractivity contribution in [2.45, 2.75) is 13.1 Å². The Hall–Kier alpha value is -4.76. The predicted molar refractivity (Wildman–Crippen MR) is 151 cm³/mol. The van der Waals surface area contributed by atoms with Crippen LogP contribution in [-0.2, 0) is 7.05 Å². The van der Waals surface area contributed by atoms with E-state index < -0.39 is 11.9 Å². The highest BCUT2D eigenvalue weighted by Crippen LogP contribution is 2.32. The van der Waals surface area contributed by atoms with E-state index in [1.807, 2.05) is 43.8 Å². The van der Waals surface area contributed by atoms with Gasteiger partial charge in [-0.1, -0.05) is 11.6 Å². The molecule has 0 radical (unpaired) electrons. The largest absolute Gasteiger partial charge is 0.433 e. The van der Waals surface area contributed by atoms with Crippen LogP contribution in [0.3, 0.4) is 0 Å². The van der Waals surface area contributed by atoms with Crippen molar-refractivity contribution in [3.05, 3.63) is 78.2 Å². The molecule has 1 fully saturated rings. The van der Waals surface area contributed by atoms with Crippen LogP contribution < -0.4 is 4.90 Å². The summed E-state index contributed by atoms with van der Waals surface area (Å²) in [5.41, 5.74) is 4.57. The van der Waals surface area contributed by atoms with Crippen LogP contribution in [0, 0.1) is 11.3 Å². The summed E-state index contributed by atoms with van der Waals surface area (Å²) in [7, 11) is 1.86. The van der Waals surface area contributed by atoms with Gasteiger partial charge in [-0.3, -0.25) is 14.6 Å². The highest BCUT2D eigenvalue weighted by molar-refractivity contribution is 5.87. The second-order valence-electron chi connectivity index (χ2n) is 9.90. The lowest BCUT2D eigenvalue weighted by Crippen LogP contribution is -2.47. The molecular weight excluding hydrogens is 531 g/mol. The Morgan fingerprint density at radius 1 is 1.05 bits per heavy atom. The van der Waals surface area contributed by atoms with E-state index in [1.165, 1.54) is 6.08 Å².